The van der Waals surface area contributed by atoms with Gasteiger partial charge in [0.05, 0.1) is 0 Å². The number of benzene rings is 2. The lowest BCUT2D eigenvalue weighted by Gasteiger charge is -1.97. The number of carbonyl (C=O) groups is 2. The van der Waals surface area contributed by atoms with E-state index in [0.717, 1.165) is 17.4 Å². The Morgan fingerprint density at radius 3 is 1.63 bits per heavy atom. The van der Waals surface area contributed by atoms with Crippen LogP contribution in [0.25, 0.3) is 12.2 Å². The fourth-order valence-electron chi connectivity index (χ4n) is 1.60. The fourth-order valence-corrected chi connectivity index (χ4v) is 1.73. The maximum atomic E-state index is 10.9. The first-order valence-corrected chi connectivity index (χ1v) is 6.10. The summed E-state index contributed by atoms with van der Waals surface area (Å²) in [5, 5.41) is -0.458. The Balaban J connectivity index is 2.12. The first-order valence-electron chi connectivity index (χ1n) is 5.72. The summed E-state index contributed by atoms with van der Waals surface area (Å²) in [6.07, 6.45) is 4.68. The van der Waals surface area contributed by atoms with Crippen LogP contribution in [0.3, 0.4) is 0 Å². The second kappa shape index (κ2) is 6.12. The first-order chi connectivity index (χ1) is 9.19. The van der Waals surface area contributed by atoms with Crippen LogP contribution in [0, 0.1) is 0 Å². The van der Waals surface area contributed by atoms with E-state index in [2.05, 4.69) is 0 Å². The predicted molar refractivity (Wildman–Crippen MR) is 77.4 cm³/mol. The monoisotopic (exact) mass is 270 g/mol. The van der Waals surface area contributed by atoms with Gasteiger partial charge in [-0.25, -0.2) is 0 Å². The van der Waals surface area contributed by atoms with Crippen LogP contribution in [0.4, 0.5) is 0 Å². The zero-order chi connectivity index (χ0) is 13.7. The molecule has 19 heavy (non-hydrogen) atoms. The summed E-state index contributed by atoms with van der Waals surface area (Å²) in [4.78, 5) is 21.4. The van der Waals surface area contributed by atoms with Crippen molar-refractivity contribution in [3.63, 3.8) is 0 Å². The van der Waals surface area contributed by atoms with Gasteiger partial charge in [-0.2, -0.15) is 0 Å². The highest BCUT2D eigenvalue weighted by Crippen LogP contribution is 2.11. The van der Waals surface area contributed by atoms with E-state index in [0.29, 0.717) is 11.1 Å². The lowest BCUT2D eigenvalue weighted by molar-refractivity contribution is 0.108. The number of hydrogen-bond acceptors (Lipinski definition) is 2. The van der Waals surface area contributed by atoms with Gasteiger partial charge in [-0.05, 0) is 34.9 Å². The van der Waals surface area contributed by atoms with Crippen molar-refractivity contribution in [1.29, 1.82) is 0 Å². The molecule has 94 valence electrons. The van der Waals surface area contributed by atoms with Gasteiger partial charge in [-0.15, -0.1) is 0 Å². The topological polar surface area (TPSA) is 34.1 Å². The number of aldehydes is 1. The van der Waals surface area contributed by atoms with E-state index in [-0.39, 0.29) is 0 Å². The van der Waals surface area contributed by atoms with Gasteiger partial charge in [0.25, 0.3) is 5.24 Å². The third-order valence-corrected chi connectivity index (χ3v) is 2.90. The van der Waals surface area contributed by atoms with Crippen molar-refractivity contribution in [2.75, 3.05) is 0 Å². The number of carbonyl (C=O) groups excluding carboxylic acids is 2. The van der Waals surface area contributed by atoms with Crippen molar-refractivity contribution in [2.45, 2.75) is 0 Å². The lowest BCUT2D eigenvalue weighted by atomic mass is 10.1. The first kappa shape index (κ1) is 13.2. The van der Waals surface area contributed by atoms with E-state index in [1.807, 2.05) is 36.4 Å². The molecule has 2 nitrogen and oxygen atoms in total. The van der Waals surface area contributed by atoms with E-state index >= 15 is 0 Å². The molecule has 3 heteroatoms. The zero-order valence-electron chi connectivity index (χ0n) is 10.0. The van der Waals surface area contributed by atoms with Crippen molar-refractivity contribution < 1.29 is 9.59 Å². The summed E-state index contributed by atoms with van der Waals surface area (Å²) in [5.41, 5.74) is 3.11. The van der Waals surface area contributed by atoms with E-state index in [1.165, 1.54) is 0 Å². The lowest BCUT2D eigenvalue weighted by Crippen LogP contribution is -1.87. The fraction of sp³-hybridized carbons (Fsp3) is 0. The maximum absolute atomic E-state index is 10.9. The Morgan fingerprint density at radius 2 is 1.21 bits per heavy atom. The molecule has 0 saturated heterocycles. The molecule has 0 bridgehead atoms. The third-order valence-electron chi connectivity index (χ3n) is 2.68. The Kier molecular flexibility index (Phi) is 4.26. The molecule has 0 heterocycles. The average molecular weight is 271 g/mol. The van der Waals surface area contributed by atoms with Crippen molar-refractivity contribution in [1.82, 2.24) is 0 Å². The van der Waals surface area contributed by atoms with E-state index < -0.39 is 5.24 Å². The molecule has 0 aliphatic heterocycles. The summed E-state index contributed by atoms with van der Waals surface area (Å²) < 4.78 is 0. The van der Waals surface area contributed by atoms with Crippen LogP contribution in [0.1, 0.15) is 31.8 Å². The van der Waals surface area contributed by atoms with Crippen molar-refractivity contribution in [2.24, 2.45) is 0 Å². The minimum Gasteiger partial charge on any atom is -0.298 e. The third kappa shape index (κ3) is 3.63. The van der Waals surface area contributed by atoms with Crippen molar-refractivity contribution >= 4 is 35.3 Å². The Bertz CT molecular complexity index is 610. The summed E-state index contributed by atoms with van der Waals surface area (Å²) in [6.45, 7) is 0. The summed E-state index contributed by atoms with van der Waals surface area (Å²) in [5.74, 6) is 0. The van der Waals surface area contributed by atoms with E-state index in [1.54, 1.807) is 24.3 Å². The molecular weight excluding hydrogens is 260 g/mol. The van der Waals surface area contributed by atoms with Crippen LogP contribution in [-0.2, 0) is 0 Å². The minimum atomic E-state index is -0.458. The number of rotatable bonds is 4. The van der Waals surface area contributed by atoms with Crippen LogP contribution in [0.15, 0.2) is 48.5 Å². The zero-order valence-corrected chi connectivity index (χ0v) is 10.8. The van der Waals surface area contributed by atoms with Crippen LogP contribution in [0.5, 0.6) is 0 Å². The quantitative estimate of drug-likeness (QED) is 0.477. The van der Waals surface area contributed by atoms with Gasteiger partial charge >= 0.3 is 0 Å². The molecular formula is C16H11ClO2. The van der Waals surface area contributed by atoms with Crippen molar-refractivity contribution in [3.05, 3.63) is 70.8 Å². The molecule has 0 aliphatic rings. The summed E-state index contributed by atoms with van der Waals surface area (Å²) >= 11 is 5.37. The summed E-state index contributed by atoms with van der Waals surface area (Å²) in [7, 11) is 0. The molecule has 2 rings (SSSR count). The van der Waals surface area contributed by atoms with Crippen molar-refractivity contribution in [3.8, 4) is 0 Å². The van der Waals surface area contributed by atoms with Gasteiger partial charge in [0, 0.05) is 11.1 Å². The van der Waals surface area contributed by atoms with Crippen LogP contribution in [-0.4, -0.2) is 11.5 Å². The molecule has 2 aromatic carbocycles. The molecule has 0 unspecified atom stereocenters. The highest BCUT2D eigenvalue weighted by Gasteiger charge is 1.99. The standard InChI is InChI=1S/C16H11ClO2/c17-16(19)15-9-7-13(8-10-15)2-1-12-3-5-14(11-18)6-4-12/h1-11H. The minimum absolute atomic E-state index is 0.458. The van der Waals surface area contributed by atoms with Gasteiger partial charge in [-0.1, -0.05) is 48.6 Å². The molecule has 0 amide bonds. The van der Waals surface area contributed by atoms with Crippen LogP contribution in [0.2, 0.25) is 0 Å². The normalized spacial score (nSPS) is 10.6. The molecule has 0 atom stereocenters. The van der Waals surface area contributed by atoms with Gasteiger partial charge in [0.2, 0.25) is 0 Å². The van der Waals surface area contributed by atoms with E-state index in [4.69, 9.17) is 11.6 Å². The predicted octanol–water partition coefficient (Wildman–Crippen LogP) is 4.05. The van der Waals surface area contributed by atoms with Gasteiger partial charge in [0.15, 0.2) is 0 Å². The molecule has 0 aromatic heterocycles. The second-order valence-electron chi connectivity index (χ2n) is 4.01. The molecule has 0 N–H and O–H groups in total. The van der Waals surface area contributed by atoms with Gasteiger partial charge < -0.3 is 0 Å². The number of halogens is 1. The highest BCUT2D eigenvalue weighted by atomic mass is 35.5. The van der Waals surface area contributed by atoms with Gasteiger partial charge in [-0.3, -0.25) is 9.59 Å². The molecule has 2 aromatic rings. The van der Waals surface area contributed by atoms with Crippen LogP contribution < -0.4 is 0 Å². The highest BCUT2D eigenvalue weighted by molar-refractivity contribution is 6.67. The average Bonchev–Trinajstić information content (AvgIpc) is 2.46. The maximum Gasteiger partial charge on any atom is 0.252 e. The molecule has 0 aliphatic carbocycles. The Labute approximate surface area is 116 Å². The largest absolute Gasteiger partial charge is 0.298 e. The Morgan fingerprint density at radius 1 is 0.789 bits per heavy atom. The molecule has 0 fully saturated rings. The Hall–Kier alpha value is -2.19. The molecule has 0 radical (unpaired) electrons. The van der Waals surface area contributed by atoms with E-state index in [9.17, 15) is 9.59 Å². The summed E-state index contributed by atoms with van der Waals surface area (Å²) in [6, 6.07) is 14.3. The molecule has 0 spiro atoms. The SMILES string of the molecule is O=Cc1ccc(C=Cc2ccc(C(=O)Cl)cc2)cc1. The second-order valence-corrected chi connectivity index (χ2v) is 4.36. The molecule has 0 saturated carbocycles. The van der Waals surface area contributed by atoms with Crippen LogP contribution >= 0.6 is 11.6 Å². The smallest absolute Gasteiger partial charge is 0.252 e. The number of hydrogen-bond donors (Lipinski definition) is 0. The van der Waals surface area contributed by atoms with Gasteiger partial charge in [0.1, 0.15) is 6.29 Å².